The van der Waals surface area contributed by atoms with Crippen molar-refractivity contribution in [1.29, 1.82) is 0 Å². The molecule has 0 atom stereocenters. The van der Waals surface area contributed by atoms with E-state index in [1.165, 1.54) is 0 Å². The summed E-state index contributed by atoms with van der Waals surface area (Å²) in [6, 6.07) is 5.42. The number of nitrogens with zero attached hydrogens (tertiary/aromatic N) is 1. The van der Waals surface area contributed by atoms with Gasteiger partial charge in [-0.05, 0) is 35.4 Å². The Bertz CT molecular complexity index is 569. The van der Waals surface area contributed by atoms with Crippen LogP contribution < -0.4 is 10.2 Å². The fourth-order valence-corrected chi connectivity index (χ4v) is 1.70. The van der Waals surface area contributed by atoms with Crippen molar-refractivity contribution in [2.24, 2.45) is 5.10 Å². The minimum Gasteiger partial charge on any atom is -0.493 e. The van der Waals surface area contributed by atoms with E-state index in [0.29, 0.717) is 12.3 Å². The number of anilines is 1. The molecule has 0 aromatic heterocycles. The normalized spacial score (nSPS) is 15.3. The number of fused-ring (bicyclic) bond motifs is 1. The second-order valence-corrected chi connectivity index (χ2v) is 6.18. The Morgan fingerprint density at radius 1 is 1.53 bits per heavy atom. The number of benzene rings is 1. The number of sulfone groups is 1. The molecule has 1 aliphatic heterocycles. The molecule has 0 radical (unpaired) electrons. The molecule has 0 unspecified atom stereocenters. The standard InChI is InChI=1S/C10H11ClN2O3S/c1-17(14,15)10(11)13-12-8-2-3-9-7(6-8)4-5-16-9/h2-3,6,12H,4-5H2,1H3. The van der Waals surface area contributed by atoms with Crippen LogP contribution in [-0.4, -0.2) is 25.8 Å². The highest BCUT2D eigenvalue weighted by molar-refractivity contribution is 8.08. The molecule has 92 valence electrons. The van der Waals surface area contributed by atoms with Gasteiger partial charge in [0.05, 0.1) is 12.3 Å². The Morgan fingerprint density at radius 3 is 3.00 bits per heavy atom. The molecule has 0 fully saturated rings. The molecule has 0 amide bonds. The summed E-state index contributed by atoms with van der Waals surface area (Å²) in [5.74, 6) is 0.855. The van der Waals surface area contributed by atoms with E-state index in [1.54, 1.807) is 6.07 Å². The molecule has 0 aliphatic carbocycles. The molecule has 0 spiro atoms. The van der Waals surface area contributed by atoms with Crippen LogP contribution in [0.15, 0.2) is 23.3 Å². The second kappa shape index (κ2) is 4.54. The molecule has 1 aromatic carbocycles. The van der Waals surface area contributed by atoms with Gasteiger partial charge in [-0.15, -0.1) is 0 Å². The summed E-state index contributed by atoms with van der Waals surface area (Å²) in [4.78, 5) is 0. The quantitative estimate of drug-likeness (QED) is 0.505. The van der Waals surface area contributed by atoms with Gasteiger partial charge in [0.2, 0.25) is 14.3 Å². The molecule has 1 N–H and O–H groups in total. The van der Waals surface area contributed by atoms with E-state index in [4.69, 9.17) is 16.3 Å². The maximum absolute atomic E-state index is 11.0. The largest absolute Gasteiger partial charge is 0.493 e. The monoisotopic (exact) mass is 274 g/mol. The smallest absolute Gasteiger partial charge is 0.240 e. The minimum atomic E-state index is -3.46. The van der Waals surface area contributed by atoms with Crippen LogP contribution in [0, 0.1) is 0 Å². The van der Waals surface area contributed by atoms with Crippen LogP contribution in [0.2, 0.25) is 0 Å². The summed E-state index contributed by atoms with van der Waals surface area (Å²) in [5.41, 5.74) is 4.35. The van der Waals surface area contributed by atoms with Crippen molar-refractivity contribution >= 4 is 31.6 Å². The molecule has 0 bridgehead atoms. The zero-order chi connectivity index (χ0) is 12.5. The molecule has 0 saturated heterocycles. The molecule has 7 heteroatoms. The van der Waals surface area contributed by atoms with Gasteiger partial charge in [0.25, 0.3) is 0 Å². The predicted molar refractivity (Wildman–Crippen MR) is 67.4 cm³/mol. The van der Waals surface area contributed by atoms with Crippen molar-refractivity contribution in [2.45, 2.75) is 6.42 Å². The van der Waals surface area contributed by atoms with E-state index < -0.39 is 14.3 Å². The van der Waals surface area contributed by atoms with E-state index in [9.17, 15) is 8.42 Å². The molecule has 5 nitrogen and oxygen atoms in total. The topological polar surface area (TPSA) is 67.8 Å². The summed E-state index contributed by atoms with van der Waals surface area (Å²) in [6.45, 7) is 0.673. The lowest BCUT2D eigenvalue weighted by Crippen LogP contribution is -2.07. The number of hydrogen-bond donors (Lipinski definition) is 1. The average molecular weight is 275 g/mol. The van der Waals surface area contributed by atoms with Crippen LogP contribution in [0.4, 0.5) is 5.69 Å². The average Bonchev–Trinajstić information content (AvgIpc) is 2.71. The van der Waals surface area contributed by atoms with Crippen molar-refractivity contribution in [3.8, 4) is 5.75 Å². The van der Waals surface area contributed by atoms with Crippen molar-refractivity contribution < 1.29 is 13.2 Å². The van der Waals surface area contributed by atoms with Crippen LogP contribution in [0.5, 0.6) is 5.75 Å². The number of nitrogens with one attached hydrogen (secondary N) is 1. The first kappa shape index (κ1) is 12.2. The Hall–Kier alpha value is -1.27. The van der Waals surface area contributed by atoms with E-state index in [-0.39, 0.29) is 0 Å². The summed E-state index contributed by atoms with van der Waals surface area (Å²) in [7, 11) is -3.46. The van der Waals surface area contributed by atoms with Crippen LogP contribution in [0.1, 0.15) is 5.56 Å². The maximum atomic E-state index is 11.0. The van der Waals surface area contributed by atoms with Crippen molar-refractivity contribution in [3.05, 3.63) is 23.8 Å². The van der Waals surface area contributed by atoms with Crippen molar-refractivity contribution in [1.82, 2.24) is 0 Å². The van der Waals surface area contributed by atoms with E-state index in [0.717, 1.165) is 24.0 Å². The fourth-order valence-electron chi connectivity index (χ4n) is 1.45. The summed E-state index contributed by atoms with van der Waals surface area (Å²) < 4.78 is 26.9. The third kappa shape index (κ3) is 2.89. The SMILES string of the molecule is CS(=O)(=O)C(Cl)=NNc1ccc2c(c1)CCO2. The molecule has 1 aromatic rings. The Morgan fingerprint density at radius 2 is 2.29 bits per heavy atom. The molecule has 1 aliphatic rings. The lowest BCUT2D eigenvalue weighted by atomic mass is 10.1. The Balaban J connectivity index is 2.15. The number of rotatable bonds is 2. The van der Waals surface area contributed by atoms with E-state index in [2.05, 4.69) is 10.5 Å². The number of ether oxygens (including phenoxy) is 1. The number of hydrogen-bond acceptors (Lipinski definition) is 5. The highest BCUT2D eigenvalue weighted by Crippen LogP contribution is 2.27. The van der Waals surface area contributed by atoms with Crippen molar-refractivity contribution in [3.63, 3.8) is 0 Å². The maximum Gasteiger partial charge on any atom is 0.240 e. The third-order valence-corrected chi connectivity index (χ3v) is 3.90. The summed E-state index contributed by atoms with van der Waals surface area (Å²) >= 11 is 5.50. The number of halogens is 1. The Labute approximate surface area is 104 Å². The predicted octanol–water partition coefficient (Wildman–Crippen LogP) is 1.59. The number of hydrazone groups is 1. The molecule has 1 heterocycles. The van der Waals surface area contributed by atoms with Gasteiger partial charge in [0.15, 0.2) is 0 Å². The van der Waals surface area contributed by atoms with Crippen LogP contribution in [0.3, 0.4) is 0 Å². The lowest BCUT2D eigenvalue weighted by Gasteiger charge is -2.03. The zero-order valence-electron chi connectivity index (χ0n) is 9.10. The minimum absolute atomic E-state index is 0.464. The molecule has 17 heavy (non-hydrogen) atoms. The van der Waals surface area contributed by atoms with Gasteiger partial charge < -0.3 is 4.74 Å². The third-order valence-electron chi connectivity index (χ3n) is 2.27. The van der Waals surface area contributed by atoms with Crippen molar-refractivity contribution in [2.75, 3.05) is 18.3 Å². The first-order valence-corrected chi connectivity index (χ1v) is 7.19. The van der Waals surface area contributed by atoms with Gasteiger partial charge in [0.1, 0.15) is 5.75 Å². The molecule has 2 rings (SSSR count). The van der Waals surface area contributed by atoms with Crippen LogP contribution in [0.25, 0.3) is 0 Å². The van der Waals surface area contributed by atoms with Gasteiger partial charge in [0, 0.05) is 12.7 Å². The second-order valence-electron chi connectivity index (χ2n) is 3.67. The summed E-state index contributed by atoms with van der Waals surface area (Å²) in [6.07, 6.45) is 1.84. The van der Waals surface area contributed by atoms with Gasteiger partial charge in [-0.25, -0.2) is 8.42 Å². The zero-order valence-corrected chi connectivity index (χ0v) is 10.7. The van der Waals surface area contributed by atoms with Gasteiger partial charge in [-0.1, -0.05) is 0 Å². The Kier molecular flexibility index (Phi) is 3.26. The highest BCUT2D eigenvalue weighted by atomic mass is 35.5. The van der Waals surface area contributed by atoms with Gasteiger partial charge in [-0.2, -0.15) is 5.10 Å². The van der Waals surface area contributed by atoms with E-state index >= 15 is 0 Å². The highest BCUT2D eigenvalue weighted by Gasteiger charge is 2.13. The van der Waals surface area contributed by atoms with Crippen LogP contribution >= 0.6 is 11.6 Å². The molecular formula is C10H11ClN2O3S. The first-order valence-electron chi connectivity index (χ1n) is 4.92. The van der Waals surface area contributed by atoms with E-state index in [1.807, 2.05) is 12.1 Å². The van der Waals surface area contributed by atoms with Gasteiger partial charge >= 0.3 is 0 Å². The molecular weight excluding hydrogens is 264 g/mol. The van der Waals surface area contributed by atoms with Crippen LogP contribution in [-0.2, 0) is 16.3 Å². The lowest BCUT2D eigenvalue weighted by molar-refractivity contribution is 0.357. The molecule has 0 saturated carbocycles. The fraction of sp³-hybridized carbons (Fsp3) is 0.300. The summed E-state index contributed by atoms with van der Waals surface area (Å²) in [5, 5.41) is 3.59. The first-order chi connectivity index (χ1) is 7.97. The van der Waals surface area contributed by atoms with Gasteiger partial charge in [-0.3, -0.25) is 5.43 Å².